The van der Waals surface area contributed by atoms with E-state index in [4.69, 9.17) is 15.2 Å². The van der Waals surface area contributed by atoms with Gasteiger partial charge in [-0.05, 0) is 57.9 Å². The molecule has 0 spiro atoms. The first-order valence-electron chi connectivity index (χ1n) is 9.34. The summed E-state index contributed by atoms with van der Waals surface area (Å²) >= 11 is 0. The van der Waals surface area contributed by atoms with Crippen LogP contribution in [0.4, 0.5) is 4.79 Å². The minimum atomic E-state index is -0.577. The van der Waals surface area contributed by atoms with Gasteiger partial charge in [0.15, 0.2) is 0 Å². The van der Waals surface area contributed by atoms with Crippen LogP contribution in [0.15, 0.2) is 0 Å². The lowest BCUT2D eigenvalue weighted by atomic mass is 9.85. The van der Waals surface area contributed by atoms with Gasteiger partial charge in [-0.2, -0.15) is 0 Å². The fourth-order valence-corrected chi connectivity index (χ4v) is 3.15. The average Bonchev–Trinajstić information content (AvgIpc) is 2.83. The Morgan fingerprint density at radius 2 is 1.92 bits per heavy atom. The molecule has 3 unspecified atom stereocenters. The third kappa shape index (κ3) is 6.84. The van der Waals surface area contributed by atoms with Crippen LogP contribution >= 0.6 is 0 Å². The SMILES string of the molecule is CC(C)C(CN)CC(NC(=O)OC(C)(C)C)[C@@H]1CC(C(C)C)C(=O)O1. The van der Waals surface area contributed by atoms with E-state index in [1.54, 1.807) is 0 Å². The van der Waals surface area contributed by atoms with Gasteiger partial charge >= 0.3 is 12.1 Å². The van der Waals surface area contributed by atoms with Crippen molar-refractivity contribution in [3.63, 3.8) is 0 Å². The minimum absolute atomic E-state index is 0.122. The van der Waals surface area contributed by atoms with E-state index in [1.807, 2.05) is 34.6 Å². The van der Waals surface area contributed by atoms with Crippen LogP contribution in [0.1, 0.15) is 61.3 Å². The van der Waals surface area contributed by atoms with Crippen molar-refractivity contribution < 1.29 is 19.1 Å². The molecule has 3 N–H and O–H groups in total. The zero-order chi connectivity index (χ0) is 19.4. The van der Waals surface area contributed by atoms with E-state index >= 15 is 0 Å². The van der Waals surface area contributed by atoms with E-state index in [-0.39, 0.29) is 35.9 Å². The molecule has 0 bridgehead atoms. The quantitative estimate of drug-likeness (QED) is 0.684. The smallest absolute Gasteiger partial charge is 0.408 e. The van der Waals surface area contributed by atoms with E-state index in [9.17, 15) is 9.59 Å². The second-order valence-electron chi connectivity index (χ2n) is 8.79. The molecule has 0 aliphatic carbocycles. The van der Waals surface area contributed by atoms with E-state index in [1.165, 1.54) is 0 Å². The van der Waals surface area contributed by atoms with Crippen LogP contribution < -0.4 is 11.1 Å². The molecule has 0 aromatic rings. The second kappa shape index (κ2) is 8.88. The van der Waals surface area contributed by atoms with E-state index in [2.05, 4.69) is 19.2 Å². The Hall–Kier alpha value is -1.30. The molecule has 4 atom stereocenters. The van der Waals surface area contributed by atoms with Gasteiger partial charge in [-0.3, -0.25) is 4.79 Å². The van der Waals surface area contributed by atoms with Crippen LogP contribution in [0.25, 0.3) is 0 Å². The molecule has 1 rings (SSSR count). The molecular formula is C19H36N2O4. The molecular weight excluding hydrogens is 320 g/mol. The Kier molecular flexibility index (Phi) is 7.72. The molecule has 0 radical (unpaired) electrons. The summed E-state index contributed by atoms with van der Waals surface area (Å²) in [4.78, 5) is 24.4. The topological polar surface area (TPSA) is 90.6 Å². The van der Waals surface area contributed by atoms with E-state index in [0.717, 1.165) is 0 Å². The number of cyclic esters (lactones) is 1. The van der Waals surface area contributed by atoms with Crippen LogP contribution in [-0.2, 0) is 14.3 Å². The summed E-state index contributed by atoms with van der Waals surface area (Å²) in [6.07, 6.45) is 0.462. The standard InChI is InChI=1S/C19H36N2O4/c1-11(2)13(10-20)8-15(21-18(23)25-19(5,6)7)16-9-14(12(3)4)17(22)24-16/h11-16H,8-10,20H2,1-7H3,(H,21,23)/t13?,14?,15?,16-/m0/s1. The largest absolute Gasteiger partial charge is 0.460 e. The molecule has 1 fully saturated rings. The Morgan fingerprint density at radius 1 is 1.32 bits per heavy atom. The lowest BCUT2D eigenvalue weighted by Crippen LogP contribution is -2.47. The summed E-state index contributed by atoms with van der Waals surface area (Å²) in [5.41, 5.74) is 5.33. The Bertz CT molecular complexity index is 457. The highest BCUT2D eigenvalue weighted by molar-refractivity contribution is 5.75. The van der Waals surface area contributed by atoms with Crippen LogP contribution in [0, 0.1) is 23.7 Å². The molecule has 1 saturated heterocycles. The van der Waals surface area contributed by atoms with Gasteiger partial charge in [0.05, 0.1) is 12.0 Å². The highest BCUT2D eigenvalue weighted by Crippen LogP contribution is 2.32. The molecule has 1 amide bonds. The first kappa shape index (κ1) is 21.7. The summed E-state index contributed by atoms with van der Waals surface area (Å²) in [6.45, 7) is 14.2. The molecule has 6 nitrogen and oxygen atoms in total. The fraction of sp³-hybridized carbons (Fsp3) is 0.895. The number of hydrogen-bond acceptors (Lipinski definition) is 5. The average molecular weight is 357 g/mol. The van der Waals surface area contributed by atoms with E-state index in [0.29, 0.717) is 25.3 Å². The van der Waals surface area contributed by atoms with Gasteiger partial charge in [-0.25, -0.2) is 4.79 Å². The maximum atomic E-state index is 12.3. The van der Waals surface area contributed by atoms with Gasteiger partial charge in [0.25, 0.3) is 0 Å². The van der Waals surface area contributed by atoms with Crippen molar-refractivity contribution >= 4 is 12.1 Å². The summed E-state index contributed by atoms with van der Waals surface area (Å²) in [7, 11) is 0. The molecule has 25 heavy (non-hydrogen) atoms. The summed E-state index contributed by atoms with van der Waals surface area (Å²) in [6, 6.07) is -0.293. The number of alkyl carbamates (subject to hydrolysis) is 1. The van der Waals surface area contributed by atoms with Gasteiger partial charge in [-0.1, -0.05) is 27.7 Å². The first-order chi connectivity index (χ1) is 11.4. The maximum Gasteiger partial charge on any atom is 0.408 e. The predicted octanol–water partition coefficient (Wildman–Crippen LogP) is 3.09. The summed E-state index contributed by atoms with van der Waals surface area (Å²) in [5.74, 6) is 0.533. The monoisotopic (exact) mass is 356 g/mol. The predicted molar refractivity (Wildman–Crippen MR) is 98.0 cm³/mol. The number of esters is 1. The summed E-state index contributed by atoms with van der Waals surface area (Å²) < 4.78 is 11.0. The lowest BCUT2D eigenvalue weighted by Gasteiger charge is -2.30. The number of ether oxygens (including phenoxy) is 2. The number of rotatable bonds is 7. The fourth-order valence-electron chi connectivity index (χ4n) is 3.15. The van der Waals surface area contributed by atoms with Crippen LogP contribution in [0.5, 0.6) is 0 Å². The van der Waals surface area contributed by atoms with Gasteiger partial charge in [0.2, 0.25) is 0 Å². The van der Waals surface area contributed by atoms with Crippen LogP contribution in [0.2, 0.25) is 0 Å². The molecule has 0 aromatic carbocycles. The maximum absolute atomic E-state index is 12.3. The normalized spacial score (nSPS) is 23.5. The third-order valence-electron chi connectivity index (χ3n) is 4.81. The van der Waals surface area contributed by atoms with Crippen molar-refractivity contribution in [1.82, 2.24) is 5.32 Å². The lowest BCUT2D eigenvalue weighted by molar-refractivity contribution is -0.146. The van der Waals surface area contributed by atoms with Crippen molar-refractivity contribution in [3.05, 3.63) is 0 Å². The number of amides is 1. The Balaban J connectivity index is 2.88. The van der Waals surface area contributed by atoms with Crippen molar-refractivity contribution in [2.45, 2.75) is 79.1 Å². The number of hydrogen-bond donors (Lipinski definition) is 2. The van der Waals surface area contributed by atoms with Crippen molar-refractivity contribution in [2.75, 3.05) is 6.54 Å². The van der Waals surface area contributed by atoms with Gasteiger partial charge in [0.1, 0.15) is 11.7 Å². The highest BCUT2D eigenvalue weighted by atomic mass is 16.6. The van der Waals surface area contributed by atoms with E-state index < -0.39 is 11.7 Å². The number of nitrogens with two attached hydrogens (primary N) is 1. The molecule has 1 aliphatic rings. The molecule has 1 aliphatic heterocycles. The van der Waals surface area contributed by atoms with Gasteiger partial charge in [0, 0.05) is 0 Å². The number of carbonyl (C=O) groups is 2. The molecule has 6 heteroatoms. The zero-order valence-corrected chi connectivity index (χ0v) is 16.8. The van der Waals surface area contributed by atoms with Gasteiger partial charge in [-0.15, -0.1) is 0 Å². The number of nitrogens with one attached hydrogen (secondary N) is 1. The van der Waals surface area contributed by atoms with Crippen molar-refractivity contribution in [1.29, 1.82) is 0 Å². The second-order valence-corrected chi connectivity index (χ2v) is 8.79. The zero-order valence-electron chi connectivity index (χ0n) is 16.8. The Morgan fingerprint density at radius 3 is 2.32 bits per heavy atom. The van der Waals surface area contributed by atoms with Crippen LogP contribution in [0.3, 0.4) is 0 Å². The third-order valence-corrected chi connectivity index (χ3v) is 4.81. The van der Waals surface area contributed by atoms with Gasteiger partial charge < -0.3 is 20.5 Å². The molecule has 0 saturated carbocycles. The first-order valence-corrected chi connectivity index (χ1v) is 9.34. The molecule has 146 valence electrons. The summed E-state index contributed by atoms with van der Waals surface area (Å²) in [5, 5.41) is 2.92. The van der Waals surface area contributed by atoms with Crippen LogP contribution in [-0.4, -0.2) is 36.4 Å². The minimum Gasteiger partial charge on any atom is -0.460 e. The van der Waals surface area contributed by atoms with Crippen molar-refractivity contribution in [3.8, 4) is 0 Å². The number of carbonyl (C=O) groups excluding carboxylic acids is 2. The highest BCUT2D eigenvalue weighted by Gasteiger charge is 2.41. The van der Waals surface area contributed by atoms with Crippen molar-refractivity contribution in [2.24, 2.45) is 29.4 Å². The molecule has 1 heterocycles. The Labute approximate surface area is 152 Å². The molecule has 0 aromatic heterocycles.